The third kappa shape index (κ3) is 4.53. The quantitative estimate of drug-likeness (QED) is 0.487. The average molecular weight is 420 g/mol. The zero-order valence-corrected chi connectivity index (χ0v) is 16.7. The Labute approximate surface area is 177 Å². The van der Waals surface area contributed by atoms with E-state index in [4.69, 9.17) is 20.8 Å². The van der Waals surface area contributed by atoms with E-state index in [1.165, 1.54) is 6.26 Å². The van der Waals surface area contributed by atoms with E-state index in [0.29, 0.717) is 33.8 Å². The maximum Gasteiger partial charge on any atom is 0.258 e. The van der Waals surface area contributed by atoms with Gasteiger partial charge in [-0.25, -0.2) is 0 Å². The molecule has 0 fully saturated rings. The van der Waals surface area contributed by atoms with Crippen molar-refractivity contribution in [1.82, 2.24) is 5.32 Å². The molecule has 0 saturated heterocycles. The molecule has 5 nitrogen and oxygen atoms in total. The van der Waals surface area contributed by atoms with Gasteiger partial charge >= 0.3 is 0 Å². The Morgan fingerprint density at radius 1 is 1.00 bits per heavy atom. The lowest BCUT2D eigenvalue weighted by Crippen LogP contribution is -2.28. The van der Waals surface area contributed by atoms with Crippen molar-refractivity contribution in [3.8, 4) is 16.9 Å². The van der Waals surface area contributed by atoms with Crippen LogP contribution in [0.25, 0.3) is 22.1 Å². The summed E-state index contributed by atoms with van der Waals surface area (Å²) in [7, 11) is 0. The Morgan fingerprint density at radius 3 is 2.53 bits per heavy atom. The topological polar surface area (TPSA) is 68.5 Å². The van der Waals surface area contributed by atoms with Gasteiger partial charge in [0.15, 0.2) is 12.0 Å². The van der Waals surface area contributed by atoms with E-state index in [0.717, 1.165) is 11.1 Å². The number of halogens is 1. The Morgan fingerprint density at radius 2 is 1.77 bits per heavy atom. The van der Waals surface area contributed by atoms with Gasteiger partial charge in [-0.05, 0) is 35.4 Å². The molecule has 0 spiro atoms. The fraction of sp³-hybridized carbons (Fsp3) is 0.0833. The second kappa shape index (κ2) is 8.84. The number of carbonyl (C=O) groups excluding carboxylic acids is 1. The number of rotatable bonds is 6. The van der Waals surface area contributed by atoms with Gasteiger partial charge in [-0.15, -0.1) is 0 Å². The van der Waals surface area contributed by atoms with Gasteiger partial charge in [0.25, 0.3) is 5.91 Å². The highest BCUT2D eigenvalue weighted by molar-refractivity contribution is 6.30. The third-order valence-corrected chi connectivity index (χ3v) is 4.86. The largest absolute Gasteiger partial charge is 0.484 e. The summed E-state index contributed by atoms with van der Waals surface area (Å²) in [5, 5.41) is 3.88. The maximum atomic E-state index is 12.8. The number of carbonyl (C=O) groups is 1. The minimum Gasteiger partial charge on any atom is -0.484 e. The Bertz CT molecular complexity index is 1230. The molecule has 0 atom stereocenters. The molecule has 0 radical (unpaired) electrons. The van der Waals surface area contributed by atoms with Crippen LogP contribution in [0.15, 0.2) is 88.3 Å². The van der Waals surface area contributed by atoms with Gasteiger partial charge in [-0.3, -0.25) is 9.59 Å². The number of nitrogens with one attached hydrogen (secondary N) is 1. The first-order valence-electron chi connectivity index (χ1n) is 9.35. The molecule has 0 aliphatic heterocycles. The smallest absolute Gasteiger partial charge is 0.258 e. The summed E-state index contributed by atoms with van der Waals surface area (Å²) >= 11 is 5.85. The van der Waals surface area contributed by atoms with E-state index < -0.39 is 0 Å². The molecule has 4 aromatic rings. The molecule has 6 heteroatoms. The van der Waals surface area contributed by atoms with E-state index in [9.17, 15) is 9.59 Å². The highest BCUT2D eigenvalue weighted by Crippen LogP contribution is 2.23. The molecule has 0 unspecified atom stereocenters. The van der Waals surface area contributed by atoms with Crippen molar-refractivity contribution in [3.05, 3.63) is 99.9 Å². The summed E-state index contributed by atoms with van der Waals surface area (Å²) in [5.74, 6) is 0.186. The second-order valence-electron chi connectivity index (χ2n) is 6.69. The third-order valence-electron chi connectivity index (χ3n) is 4.60. The number of fused-ring (bicyclic) bond motifs is 1. The fourth-order valence-electron chi connectivity index (χ4n) is 3.02. The van der Waals surface area contributed by atoms with Crippen molar-refractivity contribution in [2.24, 2.45) is 0 Å². The van der Waals surface area contributed by atoms with Crippen LogP contribution in [0.1, 0.15) is 5.56 Å². The maximum absolute atomic E-state index is 12.8. The van der Waals surface area contributed by atoms with E-state index in [1.807, 2.05) is 42.5 Å². The Kier molecular flexibility index (Phi) is 5.82. The summed E-state index contributed by atoms with van der Waals surface area (Å²) in [6.45, 7) is 0.236. The van der Waals surface area contributed by atoms with Crippen LogP contribution in [0.4, 0.5) is 0 Å². The Balaban J connectivity index is 1.42. The monoisotopic (exact) mass is 419 g/mol. The summed E-state index contributed by atoms with van der Waals surface area (Å²) < 4.78 is 11.2. The van der Waals surface area contributed by atoms with Crippen molar-refractivity contribution in [3.63, 3.8) is 0 Å². The lowest BCUT2D eigenvalue weighted by Gasteiger charge is -2.09. The predicted molar refractivity (Wildman–Crippen MR) is 117 cm³/mol. The van der Waals surface area contributed by atoms with Crippen molar-refractivity contribution in [1.29, 1.82) is 0 Å². The van der Waals surface area contributed by atoms with E-state index in [-0.39, 0.29) is 17.9 Å². The van der Waals surface area contributed by atoms with E-state index >= 15 is 0 Å². The van der Waals surface area contributed by atoms with Crippen LogP contribution in [-0.4, -0.2) is 12.5 Å². The van der Waals surface area contributed by atoms with Crippen molar-refractivity contribution >= 4 is 28.5 Å². The molecular weight excluding hydrogens is 402 g/mol. The van der Waals surface area contributed by atoms with Crippen LogP contribution in [0.2, 0.25) is 5.02 Å². The van der Waals surface area contributed by atoms with Gasteiger partial charge in [0.2, 0.25) is 0 Å². The molecule has 1 N–H and O–H groups in total. The first kappa shape index (κ1) is 19.7. The predicted octanol–water partition coefficient (Wildman–Crippen LogP) is 4.81. The lowest BCUT2D eigenvalue weighted by molar-refractivity contribution is -0.123. The van der Waals surface area contributed by atoms with Gasteiger partial charge in [0.05, 0.1) is 10.9 Å². The molecule has 1 amide bonds. The van der Waals surface area contributed by atoms with Gasteiger partial charge in [0, 0.05) is 17.6 Å². The highest BCUT2D eigenvalue weighted by Gasteiger charge is 2.10. The minimum atomic E-state index is -0.258. The second-order valence-corrected chi connectivity index (χ2v) is 7.13. The molecule has 150 valence electrons. The molecule has 1 aromatic heterocycles. The molecule has 30 heavy (non-hydrogen) atoms. The van der Waals surface area contributed by atoms with Gasteiger partial charge < -0.3 is 14.5 Å². The number of amides is 1. The number of hydrogen-bond donors (Lipinski definition) is 1. The molecule has 0 saturated carbocycles. The van der Waals surface area contributed by atoms with Crippen LogP contribution in [0.3, 0.4) is 0 Å². The molecule has 0 aliphatic carbocycles. The molecule has 0 aliphatic rings. The fourth-order valence-corrected chi connectivity index (χ4v) is 3.14. The van der Waals surface area contributed by atoms with Crippen LogP contribution < -0.4 is 15.5 Å². The minimum absolute atomic E-state index is 0.116. The van der Waals surface area contributed by atoms with Crippen LogP contribution in [0.5, 0.6) is 5.75 Å². The van der Waals surface area contributed by atoms with E-state index in [1.54, 1.807) is 30.3 Å². The van der Waals surface area contributed by atoms with Gasteiger partial charge in [-0.1, -0.05) is 54.1 Å². The summed E-state index contributed by atoms with van der Waals surface area (Å²) in [6.07, 6.45) is 1.45. The molecule has 4 rings (SSSR count). The SMILES string of the molecule is O=C(COc1ccc2c(=O)c(-c3ccccc3)coc2c1)NCc1ccc(Cl)cc1. The van der Waals surface area contributed by atoms with E-state index in [2.05, 4.69) is 5.32 Å². The highest BCUT2D eigenvalue weighted by atomic mass is 35.5. The van der Waals surface area contributed by atoms with Crippen LogP contribution in [-0.2, 0) is 11.3 Å². The standard InChI is InChI=1S/C24H18ClNO4/c25-18-8-6-16(7-9-18)13-26-23(27)15-29-19-10-11-20-22(12-19)30-14-21(24(20)28)17-4-2-1-3-5-17/h1-12,14H,13,15H2,(H,26,27). The zero-order valence-electron chi connectivity index (χ0n) is 15.9. The van der Waals surface area contributed by atoms with Gasteiger partial charge in [0.1, 0.15) is 17.6 Å². The Hall–Kier alpha value is -3.57. The average Bonchev–Trinajstić information content (AvgIpc) is 2.78. The molecule has 3 aromatic carbocycles. The first-order valence-corrected chi connectivity index (χ1v) is 9.73. The molecule has 1 heterocycles. The number of ether oxygens (including phenoxy) is 1. The number of benzene rings is 3. The van der Waals surface area contributed by atoms with Crippen molar-refractivity contribution in [2.75, 3.05) is 6.61 Å². The van der Waals surface area contributed by atoms with Crippen molar-refractivity contribution in [2.45, 2.75) is 6.54 Å². The van der Waals surface area contributed by atoms with Gasteiger partial charge in [-0.2, -0.15) is 0 Å². The van der Waals surface area contributed by atoms with Crippen LogP contribution >= 0.6 is 11.6 Å². The molecular formula is C24H18ClNO4. The summed E-state index contributed by atoms with van der Waals surface area (Å²) in [6, 6.07) is 21.5. The molecule has 0 bridgehead atoms. The summed E-state index contributed by atoms with van der Waals surface area (Å²) in [5.41, 5.74) is 2.52. The lowest BCUT2D eigenvalue weighted by atomic mass is 10.1. The first-order chi connectivity index (χ1) is 14.6. The number of hydrogen-bond acceptors (Lipinski definition) is 4. The van der Waals surface area contributed by atoms with Crippen molar-refractivity contribution < 1.29 is 13.9 Å². The normalized spacial score (nSPS) is 10.7. The zero-order chi connectivity index (χ0) is 20.9. The summed E-state index contributed by atoms with van der Waals surface area (Å²) in [4.78, 5) is 24.8. The van der Waals surface area contributed by atoms with Crippen LogP contribution in [0, 0.1) is 0 Å².